The molecule has 84 valence electrons. The van der Waals surface area contributed by atoms with Gasteiger partial charge < -0.3 is 0 Å². The van der Waals surface area contributed by atoms with Crippen LogP contribution in [-0.4, -0.2) is 5.78 Å². The first-order chi connectivity index (χ1) is 7.52. The van der Waals surface area contributed by atoms with Crippen LogP contribution in [0, 0.1) is 11.8 Å². The Labute approximate surface area is 97.2 Å². The lowest BCUT2D eigenvalue weighted by Crippen LogP contribution is -2.20. The van der Waals surface area contributed by atoms with E-state index in [2.05, 4.69) is 39.0 Å². The highest BCUT2D eigenvalue weighted by atomic mass is 16.1. The molecule has 0 saturated carbocycles. The van der Waals surface area contributed by atoms with Gasteiger partial charge in [-0.15, -0.1) is 0 Å². The second kappa shape index (κ2) is 3.89. The summed E-state index contributed by atoms with van der Waals surface area (Å²) in [4.78, 5) is 12.4. The Morgan fingerprint density at radius 2 is 1.75 bits per heavy atom. The standard InChI is InChI=1S/C15H18O/c1-9(2)12-7-5-10(3)13-8-6-11(4)14(13)15(12)16/h5-9,14H,1-4H3. The Hall–Kier alpha value is -1.37. The van der Waals surface area contributed by atoms with E-state index in [9.17, 15) is 4.79 Å². The molecular formula is C15H18O. The minimum Gasteiger partial charge on any atom is -0.293 e. The maximum Gasteiger partial charge on any atom is 0.170 e. The monoisotopic (exact) mass is 214 g/mol. The molecule has 0 heterocycles. The third kappa shape index (κ3) is 1.60. The molecule has 0 saturated heterocycles. The highest BCUT2D eigenvalue weighted by molar-refractivity contribution is 6.03. The van der Waals surface area contributed by atoms with E-state index in [0.717, 1.165) is 5.57 Å². The number of fused-ring (bicyclic) bond motifs is 1. The van der Waals surface area contributed by atoms with Crippen LogP contribution in [0.3, 0.4) is 0 Å². The predicted molar refractivity (Wildman–Crippen MR) is 67.0 cm³/mol. The molecule has 0 aromatic carbocycles. The minimum absolute atomic E-state index is 0.0209. The number of hydrogen-bond acceptors (Lipinski definition) is 1. The van der Waals surface area contributed by atoms with Crippen LogP contribution in [0.1, 0.15) is 27.7 Å². The molecule has 1 unspecified atom stereocenters. The molecule has 2 rings (SSSR count). The summed E-state index contributed by atoms with van der Waals surface area (Å²) in [5, 5.41) is 0. The van der Waals surface area contributed by atoms with Gasteiger partial charge in [-0.25, -0.2) is 0 Å². The average Bonchev–Trinajstić information content (AvgIpc) is 2.53. The first-order valence-electron chi connectivity index (χ1n) is 5.83. The van der Waals surface area contributed by atoms with Gasteiger partial charge in [0.25, 0.3) is 0 Å². The second-order valence-electron chi connectivity index (χ2n) is 4.96. The number of rotatable bonds is 1. The molecule has 0 radical (unpaired) electrons. The van der Waals surface area contributed by atoms with Gasteiger partial charge in [0.2, 0.25) is 0 Å². The Bertz CT molecular complexity index is 456. The van der Waals surface area contributed by atoms with E-state index in [-0.39, 0.29) is 11.7 Å². The zero-order valence-corrected chi connectivity index (χ0v) is 10.4. The van der Waals surface area contributed by atoms with Gasteiger partial charge in [0.1, 0.15) is 0 Å². The van der Waals surface area contributed by atoms with Gasteiger partial charge >= 0.3 is 0 Å². The van der Waals surface area contributed by atoms with Crippen LogP contribution in [0.15, 0.2) is 46.6 Å². The molecule has 1 heteroatoms. The van der Waals surface area contributed by atoms with E-state index < -0.39 is 0 Å². The summed E-state index contributed by atoms with van der Waals surface area (Å²) >= 11 is 0. The van der Waals surface area contributed by atoms with Crippen LogP contribution in [0.2, 0.25) is 0 Å². The van der Waals surface area contributed by atoms with E-state index in [0.29, 0.717) is 5.92 Å². The summed E-state index contributed by atoms with van der Waals surface area (Å²) in [7, 11) is 0. The third-order valence-electron chi connectivity index (χ3n) is 3.43. The van der Waals surface area contributed by atoms with Crippen LogP contribution in [0.5, 0.6) is 0 Å². The molecule has 0 aliphatic heterocycles. The van der Waals surface area contributed by atoms with Crippen LogP contribution in [0.25, 0.3) is 0 Å². The molecule has 0 aromatic rings. The Morgan fingerprint density at radius 3 is 2.38 bits per heavy atom. The third-order valence-corrected chi connectivity index (χ3v) is 3.43. The van der Waals surface area contributed by atoms with Crippen LogP contribution < -0.4 is 0 Å². The van der Waals surface area contributed by atoms with Crippen molar-refractivity contribution < 1.29 is 4.79 Å². The van der Waals surface area contributed by atoms with Crippen molar-refractivity contribution in [3.8, 4) is 0 Å². The maximum absolute atomic E-state index is 12.4. The number of allylic oxidation sites excluding steroid dienone is 8. The summed E-state index contributed by atoms with van der Waals surface area (Å²) in [5.74, 6) is 0.553. The summed E-state index contributed by atoms with van der Waals surface area (Å²) in [6.07, 6.45) is 8.22. The molecule has 16 heavy (non-hydrogen) atoms. The van der Waals surface area contributed by atoms with Gasteiger partial charge in [-0.3, -0.25) is 4.79 Å². The fourth-order valence-electron chi connectivity index (χ4n) is 2.40. The van der Waals surface area contributed by atoms with Gasteiger partial charge in [-0.2, -0.15) is 0 Å². The van der Waals surface area contributed by atoms with Gasteiger partial charge in [0, 0.05) is 0 Å². The van der Waals surface area contributed by atoms with E-state index in [1.165, 1.54) is 16.7 Å². The van der Waals surface area contributed by atoms with Gasteiger partial charge in [0.15, 0.2) is 5.78 Å². The van der Waals surface area contributed by atoms with Crippen molar-refractivity contribution in [3.63, 3.8) is 0 Å². The van der Waals surface area contributed by atoms with E-state index in [4.69, 9.17) is 0 Å². The lowest BCUT2D eigenvalue weighted by molar-refractivity contribution is -0.117. The van der Waals surface area contributed by atoms with Gasteiger partial charge in [-0.05, 0) is 36.5 Å². The molecule has 0 amide bonds. The molecule has 0 N–H and O–H groups in total. The Kier molecular flexibility index (Phi) is 2.71. The van der Waals surface area contributed by atoms with Gasteiger partial charge in [0.05, 0.1) is 5.92 Å². The summed E-state index contributed by atoms with van der Waals surface area (Å²) < 4.78 is 0. The fraction of sp³-hybridized carbons (Fsp3) is 0.400. The lowest BCUT2D eigenvalue weighted by Gasteiger charge is -2.17. The van der Waals surface area contributed by atoms with Crippen molar-refractivity contribution in [2.24, 2.45) is 11.8 Å². The van der Waals surface area contributed by atoms with Crippen molar-refractivity contribution >= 4 is 5.78 Å². The molecule has 1 nitrogen and oxygen atoms in total. The second-order valence-corrected chi connectivity index (χ2v) is 4.96. The van der Waals surface area contributed by atoms with Crippen LogP contribution >= 0.6 is 0 Å². The van der Waals surface area contributed by atoms with E-state index >= 15 is 0 Å². The Morgan fingerprint density at radius 1 is 1.06 bits per heavy atom. The number of hydrogen-bond donors (Lipinski definition) is 0. The zero-order valence-electron chi connectivity index (χ0n) is 10.4. The zero-order chi connectivity index (χ0) is 11.9. The molecule has 0 spiro atoms. The number of carbonyl (C=O) groups is 1. The Balaban J connectivity index is 2.49. The van der Waals surface area contributed by atoms with E-state index in [1.54, 1.807) is 0 Å². The van der Waals surface area contributed by atoms with Crippen molar-refractivity contribution in [2.45, 2.75) is 27.7 Å². The molecule has 1 atom stereocenters. The van der Waals surface area contributed by atoms with Crippen molar-refractivity contribution in [1.82, 2.24) is 0 Å². The van der Waals surface area contributed by atoms with Crippen molar-refractivity contribution in [3.05, 3.63) is 46.6 Å². The highest BCUT2D eigenvalue weighted by Gasteiger charge is 2.32. The summed E-state index contributed by atoms with van der Waals surface area (Å²) in [5.41, 5.74) is 4.50. The topological polar surface area (TPSA) is 17.1 Å². The number of carbonyl (C=O) groups excluding carboxylic acids is 1. The van der Waals surface area contributed by atoms with Crippen LogP contribution in [-0.2, 0) is 4.79 Å². The van der Waals surface area contributed by atoms with Crippen LogP contribution in [0.4, 0.5) is 0 Å². The van der Waals surface area contributed by atoms with Crippen molar-refractivity contribution in [1.29, 1.82) is 0 Å². The number of Topliss-reactive ketones (excluding diaryl/α,β-unsaturated/α-hetero) is 1. The van der Waals surface area contributed by atoms with Gasteiger partial charge in [-0.1, -0.05) is 43.7 Å². The predicted octanol–water partition coefficient (Wildman–Crippen LogP) is 3.60. The molecule has 0 aromatic heterocycles. The summed E-state index contributed by atoms with van der Waals surface area (Å²) in [6, 6.07) is 0. The summed E-state index contributed by atoms with van der Waals surface area (Å²) in [6.45, 7) is 8.28. The fourth-order valence-corrected chi connectivity index (χ4v) is 2.40. The SMILES string of the molecule is CC1=CC=C(C(C)C)C(=O)C2C(C)=CC=C12. The normalized spacial score (nSPS) is 24.6. The smallest absolute Gasteiger partial charge is 0.170 e. The van der Waals surface area contributed by atoms with Crippen molar-refractivity contribution in [2.75, 3.05) is 0 Å². The maximum atomic E-state index is 12.4. The molecule has 0 fully saturated rings. The molecule has 0 bridgehead atoms. The quantitative estimate of drug-likeness (QED) is 0.651. The number of ketones is 1. The molecule has 2 aliphatic rings. The molecular weight excluding hydrogens is 196 g/mol. The molecule has 2 aliphatic carbocycles. The average molecular weight is 214 g/mol. The minimum atomic E-state index is -0.0209. The lowest BCUT2D eigenvalue weighted by atomic mass is 9.84. The first-order valence-corrected chi connectivity index (χ1v) is 5.83. The van der Waals surface area contributed by atoms with E-state index in [1.807, 2.05) is 13.0 Å². The first kappa shape index (κ1) is 11.1. The largest absolute Gasteiger partial charge is 0.293 e. The highest BCUT2D eigenvalue weighted by Crippen LogP contribution is 2.37.